The minimum absolute atomic E-state index is 0.0435. The van der Waals surface area contributed by atoms with E-state index in [1.807, 2.05) is 32.9 Å². The van der Waals surface area contributed by atoms with Gasteiger partial charge in [0.15, 0.2) is 0 Å². The van der Waals surface area contributed by atoms with Crippen LogP contribution in [0.5, 0.6) is 5.75 Å². The second kappa shape index (κ2) is 6.35. The smallest absolute Gasteiger partial charge is 0.264 e. The van der Waals surface area contributed by atoms with Crippen molar-refractivity contribution in [1.82, 2.24) is 9.97 Å². The largest absolute Gasteiger partial charge is 0.493 e. The predicted octanol–water partition coefficient (Wildman–Crippen LogP) is 2.95. The first kappa shape index (κ1) is 17.2. The zero-order valence-electron chi connectivity index (χ0n) is 15.0. The Labute approximate surface area is 146 Å². The first-order valence-electron chi connectivity index (χ1n) is 8.44. The molecule has 0 saturated carbocycles. The van der Waals surface area contributed by atoms with E-state index >= 15 is 0 Å². The van der Waals surface area contributed by atoms with Crippen molar-refractivity contribution in [2.45, 2.75) is 46.0 Å². The molecule has 0 fully saturated rings. The third kappa shape index (κ3) is 3.57. The Hall–Kier alpha value is -2.63. The molecule has 2 heterocycles. The van der Waals surface area contributed by atoms with Crippen LogP contribution in [0.25, 0.3) is 0 Å². The van der Waals surface area contributed by atoms with E-state index in [1.165, 1.54) is 0 Å². The molecule has 1 aliphatic heterocycles. The van der Waals surface area contributed by atoms with Gasteiger partial charge in [0, 0.05) is 11.1 Å². The van der Waals surface area contributed by atoms with Gasteiger partial charge >= 0.3 is 0 Å². The Morgan fingerprint density at radius 1 is 1.32 bits per heavy atom. The number of fused-ring (bicyclic) bond motifs is 1. The van der Waals surface area contributed by atoms with E-state index in [0.29, 0.717) is 17.2 Å². The second-order valence-corrected chi connectivity index (χ2v) is 7.35. The number of anilines is 1. The first-order valence-corrected chi connectivity index (χ1v) is 8.44. The van der Waals surface area contributed by atoms with E-state index in [0.717, 1.165) is 30.8 Å². The standard InChI is InChI=1S/C19H23N3O3/c1-11-15(17(24)22-18(20-11)19(2,3)4)16(23)21-13-7-8-14-12(10-13)6-5-9-25-14/h7-8,10H,5-6,9H2,1-4H3,(H,21,23)(H,20,22,24). The van der Waals surface area contributed by atoms with Crippen molar-refractivity contribution in [2.75, 3.05) is 11.9 Å². The summed E-state index contributed by atoms with van der Waals surface area (Å²) in [5.41, 5.74) is 1.46. The summed E-state index contributed by atoms with van der Waals surface area (Å²) in [6.07, 6.45) is 1.88. The van der Waals surface area contributed by atoms with Crippen molar-refractivity contribution in [3.05, 3.63) is 51.2 Å². The van der Waals surface area contributed by atoms with Gasteiger partial charge in [0.2, 0.25) is 0 Å². The van der Waals surface area contributed by atoms with Gasteiger partial charge in [0.1, 0.15) is 17.1 Å². The van der Waals surface area contributed by atoms with Gasteiger partial charge in [-0.25, -0.2) is 4.98 Å². The summed E-state index contributed by atoms with van der Waals surface area (Å²) in [5, 5.41) is 2.79. The SMILES string of the molecule is Cc1nc(C(C)(C)C)[nH]c(=O)c1C(=O)Nc1ccc2c(c1)CCCO2. The van der Waals surface area contributed by atoms with Gasteiger partial charge in [-0.15, -0.1) is 0 Å². The fraction of sp³-hybridized carbons (Fsp3) is 0.421. The normalized spacial score (nSPS) is 13.8. The molecular formula is C19H23N3O3. The highest BCUT2D eigenvalue weighted by Gasteiger charge is 2.22. The van der Waals surface area contributed by atoms with Crippen LogP contribution in [0.4, 0.5) is 5.69 Å². The number of amides is 1. The molecule has 0 spiro atoms. The zero-order chi connectivity index (χ0) is 18.2. The van der Waals surface area contributed by atoms with Crippen LogP contribution in [-0.2, 0) is 11.8 Å². The number of carbonyl (C=O) groups excluding carboxylic acids is 1. The molecule has 25 heavy (non-hydrogen) atoms. The lowest BCUT2D eigenvalue weighted by Gasteiger charge is -2.19. The van der Waals surface area contributed by atoms with E-state index in [2.05, 4.69) is 15.3 Å². The van der Waals surface area contributed by atoms with Crippen LogP contribution < -0.4 is 15.6 Å². The molecule has 0 unspecified atom stereocenters. The number of aryl methyl sites for hydroxylation is 2. The molecule has 0 saturated heterocycles. The van der Waals surface area contributed by atoms with Crippen molar-refractivity contribution < 1.29 is 9.53 Å². The summed E-state index contributed by atoms with van der Waals surface area (Å²) >= 11 is 0. The summed E-state index contributed by atoms with van der Waals surface area (Å²) in [7, 11) is 0. The predicted molar refractivity (Wildman–Crippen MR) is 96.5 cm³/mol. The van der Waals surface area contributed by atoms with Gasteiger partial charge in [0.25, 0.3) is 11.5 Å². The molecule has 2 N–H and O–H groups in total. The molecule has 0 aliphatic carbocycles. The fourth-order valence-electron chi connectivity index (χ4n) is 2.84. The zero-order valence-corrected chi connectivity index (χ0v) is 15.0. The molecule has 0 bridgehead atoms. The third-order valence-electron chi connectivity index (χ3n) is 4.20. The molecule has 2 aromatic rings. The molecule has 0 atom stereocenters. The van der Waals surface area contributed by atoms with Gasteiger partial charge < -0.3 is 15.0 Å². The van der Waals surface area contributed by atoms with Gasteiger partial charge in [-0.05, 0) is 43.5 Å². The highest BCUT2D eigenvalue weighted by Crippen LogP contribution is 2.27. The van der Waals surface area contributed by atoms with E-state index < -0.39 is 11.5 Å². The van der Waals surface area contributed by atoms with E-state index in [-0.39, 0.29) is 11.0 Å². The lowest BCUT2D eigenvalue weighted by Crippen LogP contribution is -2.30. The number of hydrogen-bond donors (Lipinski definition) is 2. The van der Waals surface area contributed by atoms with Crippen molar-refractivity contribution in [3.63, 3.8) is 0 Å². The Morgan fingerprint density at radius 2 is 2.08 bits per heavy atom. The van der Waals surface area contributed by atoms with E-state index in [4.69, 9.17) is 4.74 Å². The molecule has 1 aromatic carbocycles. The van der Waals surface area contributed by atoms with Gasteiger partial charge in [-0.2, -0.15) is 0 Å². The Kier molecular flexibility index (Phi) is 4.37. The van der Waals surface area contributed by atoms with Crippen molar-refractivity contribution in [3.8, 4) is 5.75 Å². The lowest BCUT2D eigenvalue weighted by atomic mass is 9.95. The minimum atomic E-state index is -0.455. The number of ether oxygens (including phenoxy) is 1. The number of carbonyl (C=O) groups is 1. The average Bonchev–Trinajstić information content (AvgIpc) is 2.53. The van der Waals surface area contributed by atoms with Gasteiger partial charge in [-0.3, -0.25) is 9.59 Å². The van der Waals surface area contributed by atoms with Crippen LogP contribution in [0.2, 0.25) is 0 Å². The van der Waals surface area contributed by atoms with Crippen molar-refractivity contribution in [2.24, 2.45) is 0 Å². The number of aromatic amines is 1. The minimum Gasteiger partial charge on any atom is -0.493 e. The number of rotatable bonds is 2. The molecule has 0 radical (unpaired) electrons. The highest BCUT2D eigenvalue weighted by atomic mass is 16.5. The second-order valence-electron chi connectivity index (χ2n) is 7.35. The molecular weight excluding hydrogens is 318 g/mol. The van der Waals surface area contributed by atoms with Crippen LogP contribution in [0, 0.1) is 6.92 Å². The Balaban J connectivity index is 1.88. The molecule has 6 nitrogen and oxygen atoms in total. The van der Waals surface area contributed by atoms with Crippen molar-refractivity contribution in [1.29, 1.82) is 0 Å². The van der Waals surface area contributed by atoms with Crippen LogP contribution in [0.3, 0.4) is 0 Å². The number of nitrogens with one attached hydrogen (secondary N) is 2. The van der Waals surface area contributed by atoms with Crippen LogP contribution in [0.15, 0.2) is 23.0 Å². The number of benzene rings is 1. The Bertz CT molecular complexity index is 878. The van der Waals surface area contributed by atoms with Crippen LogP contribution in [0.1, 0.15) is 54.6 Å². The van der Waals surface area contributed by atoms with Gasteiger partial charge in [-0.1, -0.05) is 20.8 Å². The maximum absolute atomic E-state index is 12.6. The number of H-pyrrole nitrogens is 1. The molecule has 132 valence electrons. The molecule has 3 rings (SSSR count). The summed E-state index contributed by atoms with van der Waals surface area (Å²) in [6.45, 7) is 8.28. The molecule has 6 heteroatoms. The molecule has 1 amide bonds. The number of nitrogens with zero attached hydrogens (tertiary/aromatic N) is 1. The van der Waals surface area contributed by atoms with E-state index in [1.54, 1.807) is 13.0 Å². The van der Waals surface area contributed by atoms with E-state index in [9.17, 15) is 9.59 Å². The first-order chi connectivity index (χ1) is 11.8. The topological polar surface area (TPSA) is 84.1 Å². The highest BCUT2D eigenvalue weighted by molar-refractivity contribution is 6.04. The van der Waals surface area contributed by atoms with Crippen LogP contribution >= 0.6 is 0 Å². The summed E-state index contributed by atoms with van der Waals surface area (Å²) in [5.74, 6) is 0.968. The lowest BCUT2D eigenvalue weighted by molar-refractivity contribution is 0.102. The summed E-state index contributed by atoms with van der Waals surface area (Å²) < 4.78 is 5.57. The van der Waals surface area contributed by atoms with Gasteiger partial charge in [0.05, 0.1) is 12.3 Å². The Morgan fingerprint density at radius 3 is 2.76 bits per heavy atom. The summed E-state index contributed by atoms with van der Waals surface area (Å²) in [4.78, 5) is 32.1. The third-order valence-corrected chi connectivity index (χ3v) is 4.20. The van der Waals surface area contributed by atoms with Crippen molar-refractivity contribution >= 4 is 11.6 Å². The number of hydrogen-bond acceptors (Lipinski definition) is 4. The monoisotopic (exact) mass is 341 g/mol. The average molecular weight is 341 g/mol. The molecule has 1 aliphatic rings. The maximum Gasteiger partial charge on any atom is 0.264 e. The number of aromatic nitrogens is 2. The van der Waals surface area contributed by atoms with Crippen LogP contribution in [-0.4, -0.2) is 22.5 Å². The molecule has 1 aromatic heterocycles. The fourth-order valence-corrected chi connectivity index (χ4v) is 2.84. The summed E-state index contributed by atoms with van der Waals surface area (Å²) in [6, 6.07) is 5.53. The maximum atomic E-state index is 12.6. The quantitative estimate of drug-likeness (QED) is 0.879.